The van der Waals surface area contributed by atoms with E-state index >= 15 is 0 Å². The van der Waals surface area contributed by atoms with Crippen molar-refractivity contribution in [1.29, 1.82) is 0 Å². The van der Waals surface area contributed by atoms with E-state index in [1.165, 1.54) is 24.3 Å². The molecule has 0 spiro atoms. The molecule has 2 rings (SSSR count). The number of likely N-dealkylation sites (tertiary alicyclic amines) is 1. The van der Waals surface area contributed by atoms with Gasteiger partial charge in [-0.15, -0.1) is 0 Å². The maximum absolute atomic E-state index is 10.4. The molecule has 0 amide bonds. The summed E-state index contributed by atoms with van der Waals surface area (Å²) in [5.41, 5.74) is -0.233. The number of carboxylic acid groups (broad SMARTS) is 1. The topological polar surface area (TPSA) is 49.8 Å². The molecule has 2 fully saturated rings. The molecule has 0 aromatic carbocycles. The van der Waals surface area contributed by atoms with Crippen molar-refractivity contribution < 1.29 is 14.6 Å². The Balaban J connectivity index is 1.72. The van der Waals surface area contributed by atoms with Crippen molar-refractivity contribution in [2.75, 3.05) is 31.2 Å². The van der Waals surface area contributed by atoms with Crippen LogP contribution in [0, 0.1) is 0 Å². The van der Waals surface area contributed by atoms with Crippen LogP contribution in [0.1, 0.15) is 19.8 Å². The predicted octanol–water partition coefficient (Wildman–Crippen LogP) is 1.06. The minimum atomic E-state index is -0.881. The number of thioether (sulfide) groups is 1. The summed E-state index contributed by atoms with van der Waals surface area (Å²) in [5.74, 6) is 1.63. The molecule has 0 radical (unpaired) electrons. The van der Waals surface area contributed by atoms with Crippen molar-refractivity contribution in [3.05, 3.63) is 0 Å². The summed E-state index contributed by atoms with van der Waals surface area (Å²) in [6, 6.07) is 0.697. The average molecular weight is 245 g/mol. The quantitative estimate of drug-likeness (QED) is 0.802. The highest BCUT2D eigenvalue weighted by molar-refractivity contribution is 7.99. The lowest BCUT2D eigenvalue weighted by atomic mass is 9.92. The number of rotatable bonds is 4. The van der Waals surface area contributed by atoms with Crippen LogP contribution in [0.5, 0.6) is 0 Å². The van der Waals surface area contributed by atoms with E-state index in [1.807, 2.05) is 18.7 Å². The second-order valence-corrected chi connectivity index (χ2v) is 6.11. The van der Waals surface area contributed by atoms with Crippen molar-refractivity contribution in [1.82, 2.24) is 4.90 Å². The zero-order valence-corrected chi connectivity index (χ0v) is 10.5. The maximum atomic E-state index is 10.4. The molecular weight excluding hydrogens is 226 g/mol. The molecular formula is C11H19NO3S. The standard InChI is InChI=1S/C11H19NO3S/c1-11(15-6-10(13)14)7-12(8-11)9-2-4-16-5-3-9/h9H,2-8H2,1H3,(H,13,14). The van der Waals surface area contributed by atoms with Gasteiger partial charge < -0.3 is 9.84 Å². The van der Waals surface area contributed by atoms with E-state index in [9.17, 15) is 4.79 Å². The van der Waals surface area contributed by atoms with Gasteiger partial charge in [-0.2, -0.15) is 11.8 Å². The van der Waals surface area contributed by atoms with E-state index in [-0.39, 0.29) is 12.2 Å². The summed E-state index contributed by atoms with van der Waals surface area (Å²) in [6.45, 7) is 3.60. The molecule has 5 heteroatoms. The Morgan fingerprint density at radius 3 is 2.69 bits per heavy atom. The number of carbonyl (C=O) groups is 1. The van der Waals surface area contributed by atoms with Crippen LogP contribution in [0.2, 0.25) is 0 Å². The van der Waals surface area contributed by atoms with Gasteiger partial charge in [-0.05, 0) is 31.3 Å². The molecule has 2 aliphatic rings. The molecule has 0 aromatic rings. The molecule has 0 unspecified atom stereocenters. The van der Waals surface area contributed by atoms with Gasteiger partial charge in [-0.3, -0.25) is 4.90 Å². The molecule has 2 saturated heterocycles. The Hall–Kier alpha value is -0.260. The van der Waals surface area contributed by atoms with Crippen LogP contribution in [0.3, 0.4) is 0 Å². The summed E-state index contributed by atoms with van der Waals surface area (Å²) in [7, 11) is 0. The van der Waals surface area contributed by atoms with E-state index in [0.29, 0.717) is 6.04 Å². The Labute approximate surface area is 100 Å². The maximum Gasteiger partial charge on any atom is 0.329 e. The van der Waals surface area contributed by atoms with Gasteiger partial charge in [0.25, 0.3) is 0 Å². The third-order valence-corrected chi connectivity index (χ3v) is 4.38. The predicted molar refractivity (Wildman–Crippen MR) is 63.9 cm³/mol. The monoisotopic (exact) mass is 245 g/mol. The number of aliphatic carboxylic acids is 1. The van der Waals surface area contributed by atoms with Crippen molar-refractivity contribution in [3.63, 3.8) is 0 Å². The fourth-order valence-electron chi connectivity index (χ4n) is 2.45. The summed E-state index contributed by atoms with van der Waals surface area (Å²) in [6.07, 6.45) is 2.53. The molecule has 16 heavy (non-hydrogen) atoms. The summed E-state index contributed by atoms with van der Waals surface area (Å²) in [5, 5.41) is 8.57. The fourth-order valence-corrected chi connectivity index (χ4v) is 3.53. The van der Waals surface area contributed by atoms with Crippen LogP contribution < -0.4 is 0 Å². The molecule has 0 bridgehead atoms. The molecule has 92 valence electrons. The van der Waals surface area contributed by atoms with Gasteiger partial charge in [0.15, 0.2) is 0 Å². The number of hydrogen-bond donors (Lipinski definition) is 1. The zero-order chi connectivity index (χ0) is 11.6. The van der Waals surface area contributed by atoms with Crippen LogP contribution in [0.4, 0.5) is 0 Å². The zero-order valence-electron chi connectivity index (χ0n) is 9.65. The van der Waals surface area contributed by atoms with E-state index in [2.05, 4.69) is 4.90 Å². The Morgan fingerprint density at radius 1 is 1.50 bits per heavy atom. The average Bonchev–Trinajstić information content (AvgIpc) is 2.24. The van der Waals surface area contributed by atoms with Crippen LogP contribution in [0.25, 0.3) is 0 Å². The van der Waals surface area contributed by atoms with Gasteiger partial charge in [0.2, 0.25) is 0 Å². The Kier molecular flexibility index (Phi) is 3.77. The molecule has 2 heterocycles. The Bertz CT molecular complexity index is 260. The first-order chi connectivity index (χ1) is 7.59. The van der Waals surface area contributed by atoms with Crippen LogP contribution in [0.15, 0.2) is 0 Å². The largest absolute Gasteiger partial charge is 0.480 e. The van der Waals surface area contributed by atoms with E-state index in [0.717, 1.165) is 13.1 Å². The summed E-state index contributed by atoms with van der Waals surface area (Å²) in [4.78, 5) is 12.9. The first-order valence-electron chi connectivity index (χ1n) is 5.77. The lowest BCUT2D eigenvalue weighted by Gasteiger charge is -2.51. The van der Waals surface area contributed by atoms with Gasteiger partial charge in [-0.25, -0.2) is 4.79 Å². The summed E-state index contributed by atoms with van der Waals surface area (Å²) < 4.78 is 5.40. The van der Waals surface area contributed by atoms with E-state index < -0.39 is 5.97 Å². The number of nitrogens with zero attached hydrogens (tertiary/aromatic N) is 1. The van der Waals surface area contributed by atoms with Crippen molar-refractivity contribution >= 4 is 17.7 Å². The molecule has 0 aromatic heterocycles. The lowest BCUT2D eigenvalue weighted by molar-refractivity contribution is -0.169. The van der Waals surface area contributed by atoms with Gasteiger partial charge in [0, 0.05) is 19.1 Å². The number of hydrogen-bond acceptors (Lipinski definition) is 4. The highest BCUT2D eigenvalue weighted by Gasteiger charge is 2.43. The molecule has 4 nitrogen and oxygen atoms in total. The third-order valence-electron chi connectivity index (χ3n) is 3.33. The van der Waals surface area contributed by atoms with Crippen LogP contribution >= 0.6 is 11.8 Å². The molecule has 0 aliphatic carbocycles. The Morgan fingerprint density at radius 2 is 2.12 bits per heavy atom. The molecule has 0 saturated carbocycles. The first kappa shape index (κ1) is 12.2. The second-order valence-electron chi connectivity index (χ2n) is 4.88. The number of carboxylic acids is 1. The van der Waals surface area contributed by atoms with Crippen molar-refractivity contribution in [2.45, 2.75) is 31.4 Å². The fraction of sp³-hybridized carbons (Fsp3) is 0.909. The van der Waals surface area contributed by atoms with Crippen LogP contribution in [-0.4, -0.2) is 58.8 Å². The van der Waals surface area contributed by atoms with E-state index in [1.54, 1.807) is 0 Å². The molecule has 0 atom stereocenters. The molecule has 1 N–H and O–H groups in total. The lowest BCUT2D eigenvalue weighted by Crippen LogP contribution is -2.65. The highest BCUT2D eigenvalue weighted by atomic mass is 32.2. The second kappa shape index (κ2) is 4.94. The van der Waals surface area contributed by atoms with Crippen molar-refractivity contribution in [3.8, 4) is 0 Å². The van der Waals surface area contributed by atoms with Crippen LogP contribution in [-0.2, 0) is 9.53 Å². The number of ether oxygens (including phenoxy) is 1. The van der Waals surface area contributed by atoms with Crippen molar-refractivity contribution in [2.24, 2.45) is 0 Å². The highest BCUT2D eigenvalue weighted by Crippen LogP contribution is 2.31. The minimum Gasteiger partial charge on any atom is -0.480 e. The summed E-state index contributed by atoms with van der Waals surface area (Å²) >= 11 is 2.03. The molecule has 2 aliphatic heterocycles. The van der Waals surface area contributed by atoms with E-state index in [4.69, 9.17) is 9.84 Å². The van der Waals surface area contributed by atoms with Gasteiger partial charge >= 0.3 is 5.97 Å². The first-order valence-corrected chi connectivity index (χ1v) is 6.92. The minimum absolute atomic E-state index is 0.176. The smallest absolute Gasteiger partial charge is 0.329 e. The normalized spacial score (nSPS) is 26.3. The third kappa shape index (κ3) is 2.90. The van der Waals surface area contributed by atoms with Gasteiger partial charge in [0.1, 0.15) is 6.61 Å². The van der Waals surface area contributed by atoms with Gasteiger partial charge in [0.05, 0.1) is 5.60 Å². The SMILES string of the molecule is CC1(OCC(=O)O)CN(C2CCSCC2)C1. The van der Waals surface area contributed by atoms with Gasteiger partial charge in [-0.1, -0.05) is 0 Å².